The van der Waals surface area contributed by atoms with Crippen LogP contribution in [0.3, 0.4) is 0 Å². The maximum Gasteiger partial charge on any atom is 0.255 e. The van der Waals surface area contributed by atoms with Gasteiger partial charge in [0.2, 0.25) is 5.91 Å². The summed E-state index contributed by atoms with van der Waals surface area (Å²) in [5.74, 6) is -1.35. The molecule has 2 aromatic rings. The van der Waals surface area contributed by atoms with Gasteiger partial charge in [0.25, 0.3) is 5.91 Å². The third kappa shape index (κ3) is 7.43. The van der Waals surface area contributed by atoms with Crippen LogP contribution < -0.4 is 20.1 Å². The third-order valence-electron chi connectivity index (χ3n) is 4.36. The fraction of sp³-hybridized carbons (Fsp3) is 0.364. The molecule has 0 saturated carbocycles. The van der Waals surface area contributed by atoms with E-state index in [1.165, 1.54) is 13.2 Å². The van der Waals surface area contributed by atoms with Gasteiger partial charge in [0.15, 0.2) is 11.6 Å². The van der Waals surface area contributed by atoms with Gasteiger partial charge in [-0.25, -0.2) is 8.78 Å². The number of para-hydroxylation sites is 1. The van der Waals surface area contributed by atoms with Crippen LogP contribution in [0.5, 0.6) is 11.5 Å². The predicted octanol–water partition coefficient (Wildman–Crippen LogP) is 3.41. The summed E-state index contributed by atoms with van der Waals surface area (Å²) >= 11 is 1.55. The lowest BCUT2D eigenvalue weighted by molar-refractivity contribution is -0.123. The maximum atomic E-state index is 13.7. The number of thioether (sulfide) groups is 1. The second-order valence-electron chi connectivity index (χ2n) is 6.80. The van der Waals surface area contributed by atoms with Gasteiger partial charge in [-0.3, -0.25) is 9.59 Å². The Hall–Kier alpha value is -2.81. The van der Waals surface area contributed by atoms with Crippen molar-refractivity contribution in [1.82, 2.24) is 10.6 Å². The lowest BCUT2D eigenvalue weighted by Crippen LogP contribution is -2.50. The number of carbonyl (C=O) groups excluding carboxylic acids is 2. The zero-order valence-electron chi connectivity index (χ0n) is 17.6. The highest BCUT2D eigenvalue weighted by atomic mass is 32.2. The minimum absolute atomic E-state index is 0.0238. The van der Waals surface area contributed by atoms with E-state index in [4.69, 9.17) is 9.47 Å². The Balaban J connectivity index is 1.98. The average Bonchev–Trinajstić information content (AvgIpc) is 2.75. The Morgan fingerprint density at radius 1 is 1.10 bits per heavy atom. The minimum Gasteiger partial charge on any atom is -0.496 e. The van der Waals surface area contributed by atoms with Gasteiger partial charge in [-0.2, -0.15) is 11.8 Å². The number of amides is 2. The highest BCUT2D eigenvalue weighted by molar-refractivity contribution is 7.98. The number of rotatable bonds is 11. The largest absolute Gasteiger partial charge is 0.496 e. The quantitative estimate of drug-likeness (QED) is 0.547. The molecule has 0 aliphatic heterocycles. The molecule has 2 N–H and O–H groups in total. The summed E-state index contributed by atoms with van der Waals surface area (Å²) in [4.78, 5) is 25.4. The van der Waals surface area contributed by atoms with Crippen LogP contribution in [-0.4, -0.2) is 49.6 Å². The molecule has 0 aliphatic carbocycles. The summed E-state index contributed by atoms with van der Waals surface area (Å²) in [7, 11) is 1.47. The summed E-state index contributed by atoms with van der Waals surface area (Å²) < 4.78 is 37.2. The summed E-state index contributed by atoms with van der Waals surface area (Å²) in [6.07, 6.45) is 2.33. The number of hydrogen-bond donors (Lipinski definition) is 2. The van der Waals surface area contributed by atoms with Crippen molar-refractivity contribution in [2.24, 2.45) is 0 Å². The van der Waals surface area contributed by atoms with Crippen LogP contribution in [0.2, 0.25) is 0 Å². The molecule has 31 heavy (non-hydrogen) atoms. The first-order valence-corrected chi connectivity index (χ1v) is 11.1. The first-order valence-electron chi connectivity index (χ1n) is 9.66. The molecular weight excluding hydrogens is 426 g/mol. The molecule has 2 aromatic carbocycles. The summed E-state index contributed by atoms with van der Waals surface area (Å²) in [6, 6.07) is 8.50. The molecule has 0 saturated heterocycles. The molecule has 0 radical (unpaired) electrons. The van der Waals surface area contributed by atoms with Gasteiger partial charge in [0.05, 0.1) is 18.7 Å². The van der Waals surface area contributed by atoms with Gasteiger partial charge in [0.1, 0.15) is 24.2 Å². The average molecular weight is 453 g/mol. The van der Waals surface area contributed by atoms with Crippen LogP contribution >= 0.6 is 11.8 Å². The summed E-state index contributed by atoms with van der Waals surface area (Å²) in [5, 5.41) is 5.51. The monoisotopic (exact) mass is 452 g/mol. The van der Waals surface area contributed by atoms with Crippen molar-refractivity contribution in [2.75, 3.05) is 25.7 Å². The van der Waals surface area contributed by atoms with E-state index in [-0.39, 0.29) is 18.3 Å². The predicted molar refractivity (Wildman–Crippen MR) is 117 cm³/mol. The van der Waals surface area contributed by atoms with Crippen molar-refractivity contribution in [2.45, 2.75) is 25.4 Å². The maximum absolute atomic E-state index is 13.7. The van der Waals surface area contributed by atoms with E-state index in [2.05, 4.69) is 10.6 Å². The molecule has 168 valence electrons. The summed E-state index contributed by atoms with van der Waals surface area (Å²) in [5.41, 5.74) is 0.329. The number of halogens is 2. The number of carbonyl (C=O) groups is 2. The molecule has 0 aliphatic rings. The smallest absolute Gasteiger partial charge is 0.255 e. The van der Waals surface area contributed by atoms with E-state index < -0.39 is 29.6 Å². The highest BCUT2D eigenvalue weighted by Crippen LogP contribution is 2.18. The van der Waals surface area contributed by atoms with E-state index in [0.29, 0.717) is 23.5 Å². The van der Waals surface area contributed by atoms with Crippen molar-refractivity contribution in [3.63, 3.8) is 0 Å². The number of ether oxygens (including phenoxy) is 2. The standard InChI is InChI=1S/C22H26F2N2O4S/c1-14(13-30-20-9-8-15(23)12-17(20)24)25-22(28)18(10-11-31-3)26-21(27)16-6-4-5-7-19(16)29-2/h4-9,12,14,18H,10-11,13H2,1-3H3,(H,25,28)(H,26,27). The van der Waals surface area contributed by atoms with Crippen molar-refractivity contribution < 1.29 is 27.8 Å². The van der Waals surface area contributed by atoms with Crippen LogP contribution in [0.15, 0.2) is 42.5 Å². The second kappa shape index (κ2) is 12.1. The van der Waals surface area contributed by atoms with Gasteiger partial charge in [-0.05, 0) is 49.6 Å². The molecule has 2 atom stereocenters. The zero-order valence-corrected chi connectivity index (χ0v) is 18.4. The first kappa shape index (κ1) is 24.5. The molecule has 0 spiro atoms. The van der Waals surface area contributed by atoms with Gasteiger partial charge in [0, 0.05) is 6.07 Å². The van der Waals surface area contributed by atoms with Crippen molar-refractivity contribution >= 4 is 23.6 Å². The van der Waals surface area contributed by atoms with Crippen LogP contribution in [0, 0.1) is 11.6 Å². The van der Waals surface area contributed by atoms with Crippen molar-refractivity contribution in [3.8, 4) is 11.5 Å². The van der Waals surface area contributed by atoms with Gasteiger partial charge < -0.3 is 20.1 Å². The van der Waals surface area contributed by atoms with Crippen LogP contribution in [0.1, 0.15) is 23.7 Å². The van der Waals surface area contributed by atoms with E-state index in [9.17, 15) is 18.4 Å². The zero-order chi connectivity index (χ0) is 22.8. The van der Waals surface area contributed by atoms with E-state index in [1.54, 1.807) is 43.0 Å². The van der Waals surface area contributed by atoms with E-state index in [0.717, 1.165) is 12.1 Å². The normalized spacial score (nSPS) is 12.5. The van der Waals surface area contributed by atoms with Crippen molar-refractivity contribution in [1.29, 1.82) is 0 Å². The van der Waals surface area contributed by atoms with Crippen LogP contribution in [0.4, 0.5) is 8.78 Å². The lowest BCUT2D eigenvalue weighted by atomic mass is 10.1. The Kier molecular flexibility index (Phi) is 9.58. The Morgan fingerprint density at radius 2 is 1.84 bits per heavy atom. The van der Waals surface area contributed by atoms with Crippen LogP contribution in [-0.2, 0) is 4.79 Å². The van der Waals surface area contributed by atoms with E-state index >= 15 is 0 Å². The molecule has 6 nitrogen and oxygen atoms in total. The van der Waals surface area contributed by atoms with Crippen molar-refractivity contribution in [3.05, 3.63) is 59.7 Å². The Labute approximate surface area is 184 Å². The molecular formula is C22H26F2N2O4S. The fourth-order valence-electron chi connectivity index (χ4n) is 2.76. The second-order valence-corrected chi connectivity index (χ2v) is 7.79. The number of methoxy groups -OCH3 is 1. The first-order chi connectivity index (χ1) is 14.8. The van der Waals surface area contributed by atoms with Crippen LogP contribution in [0.25, 0.3) is 0 Å². The fourth-order valence-corrected chi connectivity index (χ4v) is 3.24. The molecule has 2 amide bonds. The van der Waals surface area contributed by atoms with E-state index in [1.807, 2.05) is 6.26 Å². The van der Waals surface area contributed by atoms with Gasteiger partial charge in [-0.15, -0.1) is 0 Å². The highest BCUT2D eigenvalue weighted by Gasteiger charge is 2.24. The number of hydrogen-bond acceptors (Lipinski definition) is 5. The molecule has 9 heteroatoms. The Morgan fingerprint density at radius 3 is 2.52 bits per heavy atom. The molecule has 2 rings (SSSR count). The topological polar surface area (TPSA) is 76.7 Å². The molecule has 0 fully saturated rings. The van der Waals surface area contributed by atoms with Gasteiger partial charge >= 0.3 is 0 Å². The molecule has 0 aromatic heterocycles. The number of benzene rings is 2. The minimum atomic E-state index is -0.819. The Bertz CT molecular complexity index is 898. The molecule has 2 unspecified atom stereocenters. The number of nitrogens with one attached hydrogen (secondary N) is 2. The molecule has 0 heterocycles. The summed E-state index contributed by atoms with van der Waals surface area (Å²) in [6.45, 7) is 1.66. The lowest BCUT2D eigenvalue weighted by Gasteiger charge is -2.22. The SMILES string of the molecule is COc1ccccc1C(=O)NC(CCSC)C(=O)NC(C)COc1ccc(F)cc1F. The molecule has 0 bridgehead atoms. The van der Waals surface area contributed by atoms with Gasteiger partial charge in [-0.1, -0.05) is 12.1 Å². The third-order valence-corrected chi connectivity index (χ3v) is 5.00.